The fourth-order valence-electron chi connectivity index (χ4n) is 1.03. The zero-order valence-corrected chi connectivity index (χ0v) is 9.76. The minimum Gasteiger partial charge on any atom is -0.467 e. The van der Waals surface area contributed by atoms with Gasteiger partial charge in [0.15, 0.2) is 0 Å². The number of hydrogen-bond acceptors (Lipinski definition) is 4. The normalized spacial score (nSPS) is 12.5. The molecule has 1 unspecified atom stereocenters. The summed E-state index contributed by atoms with van der Waals surface area (Å²) in [5, 5.41) is 3.24. The third-order valence-corrected chi connectivity index (χ3v) is 3.04. The van der Waals surface area contributed by atoms with Gasteiger partial charge < -0.3 is 15.5 Å². The van der Waals surface area contributed by atoms with Crippen molar-refractivity contribution in [3.8, 4) is 0 Å². The number of carbonyl (C=O) groups is 1. The Balaban J connectivity index is 2.46. The van der Waals surface area contributed by atoms with E-state index in [1.165, 1.54) is 6.26 Å². The van der Waals surface area contributed by atoms with Gasteiger partial charge in [-0.3, -0.25) is 4.79 Å². The van der Waals surface area contributed by atoms with Crippen molar-refractivity contribution in [3.05, 3.63) is 23.7 Å². The Bertz CT molecular complexity index is 325. The highest BCUT2D eigenvalue weighted by Gasteiger charge is 2.10. The quantitative estimate of drug-likeness (QED) is 0.795. The van der Waals surface area contributed by atoms with E-state index in [0.29, 0.717) is 29.7 Å². The molecule has 0 fully saturated rings. The van der Waals surface area contributed by atoms with Gasteiger partial charge in [0, 0.05) is 11.8 Å². The van der Waals surface area contributed by atoms with Crippen molar-refractivity contribution in [1.29, 1.82) is 0 Å². The van der Waals surface area contributed by atoms with Crippen LogP contribution in [-0.4, -0.2) is 24.0 Å². The highest BCUT2D eigenvalue weighted by molar-refractivity contribution is 7.99. The number of carbonyl (C=O) groups excluding carboxylic acids is 1. The van der Waals surface area contributed by atoms with Crippen molar-refractivity contribution in [2.24, 2.45) is 5.73 Å². The van der Waals surface area contributed by atoms with Crippen LogP contribution in [0.3, 0.4) is 0 Å². The third kappa shape index (κ3) is 3.60. The van der Waals surface area contributed by atoms with Crippen LogP contribution < -0.4 is 11.1 Å². The summed E-state index contributed by atoms with van der Waals surface area (Å²) in [7, 11) is 0. The van der Waals surface area contributed by atoms with Gasteiger partial charge in [0.1, 0.15) is 12.0 Å². The number of amides is 1. The van der Waals surface area contributed by atoms with Crippen LogP contribution >= 0.6 is 11.8 Å². The number of nitrogens with two attached hydrogens (primary N) is 1. The molecule has 0 radical (unpaired) electrons. The maximum atomic E-state index is 11.6. The fraction of sp³-hybridized carbons (Fsp3) is 0.500. The second kappa shape index (κ2) is 5.82. The fourth-order valence-corrected chi connectivity index (χ4v) is 1.28. The van der Waals surface area contributed by atoms with Gasteiger partial charge in [-0.1, -0.05) is 6.92 Å². The first-order valence-corrected chi connectivity index (χ1v) is 6.04. The molecule has 0 saturated heterocycles. The number of rotatable bonds is 5. The molecule has 1 aromatic rings. The van der Waals surface area contributed by atoms with E-state index in [0.717, 1.165) is 0 Å². The van der Waals surface area contributed by atoms with Crippen molar-refractivity contribution in [2.75, 3.05) is 12.8 Å². The Kier molecular flexibility index (Phi) is 4.71. The zero-order chi connectivity index (χ0) is 11.3. The smallest absolute Gasteiger partial charge is 0.254 e. The van der Waals surface area contributed by atoms with Gasteiger partial charge in [-0.05, 0) is 12.3 Å². The summed E-state index contributed by atoms with van der Waals surface area (Å²) in [6.45, 7) is 3.03. The van der Waals surface area contributed by atoms with E-state index in [-0.39, 0.29) is 5.91 Å². The standard InChI is InChI=1S/C10H16N2O2S/c1-7(15-2)5-12-10(13)8-3-9(4-11)14-6-8/h3,6-7H,4-5,11H2,1-2H3,(H,12,13). The van der Waals surface area contributed by atoms with Gasteiger partial charge in [0.25, 0.3) is 5.91 Å². The van der Waals surface area contributed by atoms with Crippen molar-refractivity contribution in [3.63, 3.8) is 0 Å². The molecule has 1 atom stereocenters. The van der Waals surface area contributed by atoms with Crippen LogP contribution in [0.5, 0.6) is 0 Å². The molecule has 0 aliphatic carbocycles. The monoisotopic (exact) mass is 228 g/mol. The van der Waals surface area contributed by atoms with E-state index in [2.05, 4.69) is 12.2 Å². The second-order valence-electron chi connectivity index (χ2n) is 3.26. The van der Waals surface area contributed by atoms with E-state index in [9.17, 15) is 4.79 Å². The van der Waals surface area contributed by atoms with Gasteiger partial charge in [0.05, 0.1) is 12.1 Å². The summed E-state index contributed by atoms with van der Waals surface area (Å²) in [6, 6.07) is 1.67. The molecular formula is C10H16N2O2S. The molecule has 1 rings (SSSR count). The van der Waals surface area contributed by atoms with E-state index < -0.39 is 0 Å². The maximum Gasteiger partial charge on any atom is 0.254 e. The van der Waals surface area contributed by atoms with Gasteiger partial charge >= 0.3 is 0 Å². The third-order valence-electron chi connectivity index (χ3n) is 2.07. The lowest BCUT2D eigenvalue weighted by atomic mass is 10.3. The Morgan fingerprint density at radius 3 is 3.00 bits per heavy atom. The molecular weight excluding hydrogens is 212 g/mol. The lowest BCUT2D eigenvalue weighted by Crippen LogP contribution is -2.28. The molecule has 5 heteroatoms. The van der Waals surface area contributed by atoms with E-state index in [1.807, 2.05) is 6.26 Å². The summed E-state index contributed by atoms with van der Waals surface area (Å²) in [6.07, 6.45) is 3.45. The minimum absolute atomic E-state index is 0.112. The van der Waals surface area contributed by atoms with E-state index >= 15 is 0 Å². The minimum atomic E-state index is -0.112. The number of hydrogen-bond donors (Lipinski definition) is 2. The van der Waals surface area contributed by atoms with Crippen LogP contribution in [0, 0.1) is 0 Å². The predicted molar refractivity (Wildman–Crippen MR) is 61.9 cm³/mol. The van der Waals surface area contributed by atoms with E-state index in [1.54, 1.807) is 17.8 Å². The van der Waals surface area contributed by atoms with Gasteiger partial charge in [-0.15, -0.1) is 0 Å². The Labute approximate surface area is 93.6 Å². The molecule has 0 aliphatic heterocycles. The van der Waals surface area contributed by atoms with Crippen molar-refractivity contribution in [1.82, 2.24) is 5.32 Å². The molecule has 15 heavy (non-hydrogen) atoms. The number of thioether (sulfide) groups is 1. The van der Waals surface area contributed by atoms with Crippen LogP contribution in [0.4, 0.5) is 0 Å². The summed E-state index contributed by atoms with van der Waals surface area (Å²) in [4.78, 5) is 11.6. The Hall–Kier alpha value is -0.940. The Morgan fingerprint density at radius 2 is 2.47 bits per heavy atom. The first kappa shape index (κ1) is 12.1. The highest BCUT2D eigenvalue weighted by atomic mass is 32.2. The summed E-state index contributed by atoms with van der Waals surface area (Å²) in [5.41, 5.74) is 5.91. The molecule has 1 aromatic heterocycles. The highest BCUT2D eigenvalue weighted by Crippen LogP contribution is 2.07. The van der Waals surface area contributed by atoms with Crippen molar-refractivity contribution < 1.29 is 9.21 Å². The second-order valence-corrected chi connectivity index (χ2v) is 4.54. The SMILES string of the molecule is CSC(C)CNC(=O)c1coc(CN)c1. The topological polar surface area (TPSA) is 68.3 Å². The Morgan fingerprint density at radius 1 is 1.73 bits per heavy atom. The average Bonchev–Trinajstić information content (AvgIpc) is 2.73. The molecule has 3 N–H and O–H groups in total. The lowest BCUT2D eigenvalue weighted by molar-refractivity contribution is 0.0953. The van der Waals surface area contributed by atoms with Crippen LogP contribution in [-0.2, 0) is 6.54 Å². The maximum absolute atomic E-state index is 11.6. The largest absolute Gasteiger partial charge is 0.467 e. The average molecular weight is 228 g/mol. The molecule has 0 aliphatic rings. The van der Waals surface area contributed by atoms with Crippen LogP contribution in [0.1, 0.15) is 23.0 Å². The van der Waals surface area contributed by atoms with Crippen LogP contribution in [0.15, 0.2) is 16.7 Å². The molecule has 4 nitrogen and oxygen atoms in total. The molecule has 0 bridgehead atoms. The van der Waals surface area contributed by atoms with E-state index in [4.69, 9.17) is 10.2 Å². The van der Waals surface area contributed by atoms with Crippen LogP contribution in [0.2, 0.25) is 0 Å². The number of nitrogens with one attached hydrogen (secondary N) is 1. The summed E-state index contributed by atoms with van der Waals surface area (Å²) >= 11 is 1.71. The first-order chi connectivity index (χ1) is 7.17. The number of furan rings is 1. The molecule has 0 aromatic carbocycles. The summed E-state index contributed by atoms with van der Waals surface area (Å²) < 4.78 is 5.08. The van der Waals surface area contributed by atoms with Crippen LogP contribution in [0.25, 0.3) is 0 Å². The van der Waals surface area contributed by atoms with Gasteiger partial charge in [-0.25, -0.2) is 0 Å². The molecule has 0 saturated carbocycles. The molecule has 1 heterocycles. The lowest BCUT2D eigenvalue weighted by Gasteiger charge is -2.08. The van der Waals surface area contributed by atoms with Gasteiger partial charge in [0.2, 0.25) is 0 Å². The van der Waals surface area contributed by atoms with Crippen molar-refractivity contribution >= 4 is 17.7 Å². The molecule has 1 amide bonds. The first-order valence-electron chi connectivity index (χ1n) is 4.75. The summed E-state index contributed by atoms with van der Waals surface area (Å²) in [5.74, 6) is 0.511. The van der Waals surface area contributed by atoms with Gasteiger partial charge in [-0.2, -0.15) is 11.8 Å². The zero-order valence-electron chi connectivity index (χ0n) is 8.95. The molecule has 84 valence electrons. The predicted octanol–water partition coefficient (Wildman–Crippen LogP) is 1.22. The molecule has 0 spiro atoms. The van der Waals surface area contributed by atoms with Crippen molar-refractivity contribution in [2.45, 2.75) is 18.7 Å².